The van der Waals surface area contributed by atoms with Crippen molar-refractivity contribution in [1.82, 2.24) is 9.38 Å². The molecule has 0 spiro atoms. The minimum atomic E-state index is 0.0678. The van der Waals surface area contributed by atoms with Crippen LogP contribution in [-0.2, 0) is 19.4 Å². The highest BCUT2D eigenvalue weighted by Gasteiger charge is 2.25. The molecule has 152 valence electrons. The lowest BCUT2D eigenvalue weighted by Gasteiger charge is -2.25. The van der Waals surface area contributed by atoms with Crippen molar-refractivity contribution >= 4 is 16.3 Å². The van der Waals surface area contributed by atoms with Gasteiger partial charge >= 0.3 is 0 Å². The largest absolute Gasteiger partial charge is 0.322 e. The molecule has 1 aliphatic rings. The maximum Gasteiger partial charge on any atom is 0.259 e. The van der Waals surface area contributed by atoms with Gasteiger partial charge < -0.3 is 4.90 Å². The average Bonchev–Trinajstić information content (AvgIpc) is 3.14. The van der Waals surface area contributed by atoms with Crippen LogP contribution in [0.3, 0.4) is 0 Å². The quantitative estimate of drug-likeness (QED) is 0.541. The number of nitrogens with zero attached hydrogens (tertiary/aromatic N) is 2. The molecule has 0 amide bonds. The molecule has 0 bridgehead atoms. The van der Waals surface area contributed by atoms with Crippen LogP contribution in [-0.4, -0.2) is 16.4 Å². The number of hydrogen-bond donors (Lipinski definition) is 1. The van der Waals surface area contributed by atoms with Gasteiger partial charge in [-0.05, 0) is 25.7 Å². The van der Waals surface area contributed by atoms with E-state index in [1.807, 2.05) is 4.40 Å². The van der Waals surface area contributed by atoms with E-state index in [4.69, 9.17) is 4.98 Å². The van der Waals surface area contributed by atoms with Gasteiger partial charge in [0.25, 0.3) is 5.56 Å². The molecule has 1 aliphatic carbocycles. The summed E-state index contributed by atoms with van der Waals surface area (Å²) in [4.78, 5) is 21.3. The third-order valence-corrected chi connectivity index (χ3v) is 7.18. The van der Waals surface area contributed by atoms with Crippen molar-refractivity contribution in [1.29, 1.82) is 0 Å². The summed E-state index contributed by atoms with van der Waals surface area (Å²) in [6.07, 6.45) is 4.44. The maximum absolute atomic E-state index is 12.9. The van der Waals surface area contributed by atoms with Crippen LogP contribution < -0.4 is 10.5 Å². The average molecular weight is 417 g/mol. The standard InChI is InChI=1S/C25H25N3OS/c1-27(24(18-10-4-2-5-11-18)19-12-6-3-7-13-19)17-20-16-23(29)28-21-14-8-9-15-22(21)30-25(28)26-20/h2-7,10-13,16,24H,8-9,14-15,17H2,1H3/p+1. The summed E-state index contributed by atoms with van der Waals surface area (Å²) in [6.45, 7) is 0.697. The number of aryl methyl sites for hydroxylation is 2. The van der Waals surface area contributed by atoms with Gasteiger partial charge in [0.1, 0.15) is 18.3 Å². The molecule has 0 saturated carbocycles. The molecule has 1 unspecified atom stereocenters. The van der Waals surface area contributed by atoms with Gasteiger partial charge in [0.2, 0.25) is 0 Å². The molecule has 5 rings (SSSR count). The van der Waals surface area contributed by atoms with E-state index in [9.17, 15) is 4.79 Å². The van der Waals surface area contributed by atoms with E-state index in [0.29, 0.717) is 6.54 Å². The second-order valence-corrected chi connectivity index (χ2v) is 9.22. The van der Waals surface area contributed by atoms with Crippen molar-refractivity contribution in [3.63, 3.8) is 0 Å². The van der Waals surface area contributed by atoms with Crippen molar-refractivity contribution in [2.75, 3.05) is 7.05 Å². The van der Waals surface area contributed by atoms with Gasteiger partial charge in [-0.2, -0.15) is 0 Å². The van der Waals surface area contributed by atoms with E-state index in [2.05, 4.69) is 67.7 Å². The highest BCUT2D eigenvalue weighted by atomic mass is 32.1. The highest BCUT2D eigenvalue weighted by molar-refractivity contribution is 7.17. The van der Waals surface area contributed by atoms with Crippen molar-refractivity contribution in [3.8, 4) is 0 Å². The fourth-order valence-electron chi connectivity index (χ4n) is 4.67. The van der Waals surface area contributed by atoms with Gasteiger partial charge in [-0.15, -0.1) is 11.3 Å². The minimum Gasteiger partial charge on any atom is -0.322 e. The van der Waals surface area contributed by atoms with Gasteiger partial charge in [-0.25, -0.2) is 4.98 Å². The molecule has 0 fully saturated rings. The summed E-state index contributed by atoms with van der Waals surface area (Å²) in [5.41, 5.74) is 4.67. The lowest BCUT2D eigenvalue weighted by Crippen LogP contribution is -3.08. The summed E-state index contributed by atoms with van der Waals surface area (Å²) in [6, 6.07) is 23.1. The lowest BCUT2D eigenvalue weighted by atomic mass is 9.97. The number of rotatable bonds is 5. The number of benzene rings is 2. The molecule has 1 N–H and O–H groups in total. The zero-order chi connectivity index (χ0) is 20.5. The summed E-state index contributed by atoms with van der Waals surface area (Å²) in [5, 5.41) is 0. The van der Waals surface area contributed by atoms with Crippen LogP contribution in [0.5, 0.6) is 0 Å². The third kappa shape index (κ3) is 3.59. The number of fused-ring (bicyclic) bond motifs is 3. The lowest BCUT2D eigenvalue weighted by molar-refractivity contribution is -0.920. The van der Waals surface area contributed by atoms with Gasteiger partial charge in [0, 0.05) is 27.8 Å². The van der Waals surface area contributed by atoms with E-state index < -0.39 is 0 Å². The molecule has 2 heterocycles. The molecular weight excluding hydrogens is 390 g/mol. The smallest absolute Gasteiger partial charge is 0.259 e. The summed E-state index contributed by atoms with van der Waals surface area (Å²) < 4.78 is 1.85. The number of quaternary nitrogens is 1. The molecular formula is C25H26N3OS+. The van der Waals surface area contributed by atoms with Crippen LogP contribution in [0.25, 0.3) is 4.96 Å². The maximum atomic E-state index is 12.9. The number of nitrogens with one attached hydrogen (secondary N) is 1. The van der Waals surface area contributed by atoms with E-state index in [1.165, 1.54) is 33.0 Å². The number of aromatic nitrogens is 2. The molecule has 5 heteroatoms. The SMILES string of the molecule is C[NH+](Cc1cc(=O)n2c3c(sc2n1)CCCC3)C(c1ccccc1)c1ccccc1. The Labute approximate surface area is 180 Å². The zero-order valence-electron chi connectivity index (χ0n) is 17.2. The van der Waals surface area contributed by atoms with Crippen LogP contribution in [0.1, 0.15) is 46.3 Å². The monoisotopic (exact) mass is 416 g/mol. The van der Waals surface area contributed by atoms with Crippen molar-refractivity contribution < 1.29 is 4.90 Å². The fourth-order valence-corrected chi connectivity index (χ4v) is 5.90. The Morgan fingerprint density at radius 2 is 1.63 bits per heavy atom. The zero-order valence-corrected chi connectivity index (χ0v) is 18.0. The molecule has 4 aromatic rings. The van der Waals surface area contributed by atoms with Crippen LogP contribution in [0, 0.1) is 0 Å². The topological polar surface area (TPSA) is 38.8 Å². The number of thiazole rings is 1. The Morgan fingerprint density at radius 1 is 1.00 bits per heavy atom. The molecule has 1 atom stereocenters. The predicted octanol–water partition coefficient (Wildman–Crippen LogP) is 3.44. The Hall–Kier alpha value is -2.76. The van der Waals surface area contributed by atoms with Crippen LogP contribution in [0.15, 0.2) is 71.5 Å². The fraction of sp³-hybridized carbons (Fsp3) is 0.280. The highest BCUT2D eigenvalue weighted by Crippen LogP contribution is 2.28. The molecule has 0 saturated heterocycles. The minimum absolute atomic E-state index is 0.0678. The molecule has 0 radical (unpaired) electrons. The molecule has 2 aromatic heterocycles. The second-order valence-electron chi connectivity index (χ2n) is 8.16. The summed E-state index contributed by atoms with van der Waals surface area (Å²) in [7, 11) is 2.19. The van der Waals surface area contributed by atoms with E-state index in [-0.39, 0.29) is 11.6 Å². The molecule has 0 aliphatic heterocycles. The third-order valence-electron chi connectivity index (χ3n) is 6.03. The molecule has 4 nitrogen and oxygen atoms in total. The van der Waals surface area contributed by atoms with E-state index in [0.717, 1.165) is 29.9 Å². The van der Waals surface area contributed by atoms with Crippen LogP contribution in [0.2, 0.25) is 0 Å². The normalized spacial score (nSPS) is 14.7. The van der Waals surface area contributed by atoms with Crippen molar-refractivity contribution in [3.05, 3.63) is 104 Å². The summed E-state index contributed by atoms with van der Waals surface area (Å²) in [5.74, 6) is 0. The van der Waals surface area contributed by atoms with E-state index >= 15 is 0 Å². The van der Waals surface area contributed by atoms with Gasteiger partial charge in [-0.1, -0.05) is 60.7 Å². The second kappa shape index (κ2) is 8.17. The Morgan fingerprint density at radius 3 is 2.30 bits per heavy atom. The Bertz CT molecular complexity index is 1170. The van der Waals surface area contributed by atoms with Crippen molar-refractivity contribution in [2.24, 2.45) is 0 Å². The summed E-state index contributed by atoms with van der Waals surface area (Å²) >= 11 is 1.70. The molecule has 30 heavy (non-hydrogen) atoms. The van der Waals surface area contributed by atoms with E-state index in [1.54, 1.807) is 17.4 Å². The molecule has 2 aromatic carbocycles. The first kappa shape index (κ1) is 19.2. The van der Waals surface area contributed by atoms with Crippen LogP contribution in [0.4, 0.5) is 0 Å². The van der Waals surface area contributed by atoms with Gasteiger partial charge in [0.05, 0.1) is 7.05 Å². The number of hydrogen-bond acceptors (Lipinski definition) is 3. The van der Waals surface area contributed by atoms with Crippen LogP contribution >= 0.6 is 11.3 Å². The Balaban J connectivity index is 1.50. The first-order valence-electron chi connectivity index (χ1n) is 10.7. The first-order chi connectivity index (χ1) is 14.7. The first-order valence-corrected chi connectivity index (χ1v) is 11.5. The Kier molecular flexibility index (Phi) is 5.23. The van der Waals surface area contributed by atoms with Crippen molar-refractivity contribution in [2.45, 2.75) is 38.3 Å². The van der Waals surface area contributed by atoms with Gasteiger partial charge in [-0.3, -0.25) is 9.20 Å². The predicted molar refractivity (Wildman–Crippen MR) is 121 cm³/mol. The van der Waals surface area contributed by atoms with Gasteiger partial charge in [0.15, 0.2) is 4.96 Å².